The summed E-state index contributed by atoms with van der Waals surface area (Å²) in [6.07, 6.45) is 6.85. The Morgan fingerprint density at radius 3 is 2.20 bits per heavy atom. The fourth-order valence-corrected chi connectivity index (χ4v) is 12.2. The van der Waals surface area contributed by atoms with Crippen LogP contribution in [0.15, 0.2) is 12.2 Å². The number of aliphatic carboxylic acids is 1. The van der Waals surface area contributed by atoms with Gasteiger partial charge in [0.15, 0.2) is 11.6 Å². The quantitative estimate of drug-likeness (QED) is 0.125. The van der Waals surface area contributed by atoms with Crippen LogP contribution in [0.5, 0.6) is 0 Å². The molecule has 0 radical (unpaired) electrons. The first-order chi connectivity index (χ1) is 28.5. The maximum Gasteiger partial charge on any atom is 0.407 e. The van der Waals surface area contributed by atoms with E-state index in [1.165, 1.54) is 0 Å². The highest BCUT2D eigenvalue weighted by molar-refractivity contribution is 5.84. The number of hydrogen-bond donors (Lipinski definition) is 4. The molecule has 0 aromatic rings. The van der Waals surface area contributed by atoms with Crippen molar-refractivity contribution < 1.29 is 58.1 Å². The zero-order valence-corrected chi connectivity index (χ0v) is 39.2. The number of hydrogen-bond acceptors (Lipinski definition) is 11. The van der Waals surface area contributed by atoms with Crippen molar-refractivity contribution in [1.82, 2.24) is 5.32 Å². The number of Topliss-reactive ketones (excluding diaryl/α,β-unsaturated/α-hetero) is 1. The van der Waals surface area contributed by atoms with Crippen LogP contribution in [-0.2, 0) is 38.0 Å². The fraction of sp³-hybridized carbons (Fsp3) is 0.896. The second-order valence-corrected chi connectivity index (χ2v) is 21.1. The smallest absolute Gasteiger partial charge is 0.407 e. The number of ketones is 1. The molecular weight excluding hydrogens is 783 g/mol. The predicted octanol–water partition coefficient (Wildman–Crippen LogP) is 7.72. The average molecular weight is 862 g/mol. The third kappa shape index (κ3) is 8.61. The normalized spacial score (nSPS) is 45.4. The summed E-state index contributed by atoms with van der Waals surface area (Å²) in [5.74, 6) is -5.45. The van der Waals surface area contributed by atoms with E-state index in [4.69, 9.17) is 28.4 Å². The minimum absolute atomic E-state index is 0.0230. The highest BCUT2D eigenvalue weighted by atomic mass is 16.8. The van der Waals surface area contributed by atoms with Gasteiger partial charge in [-0.1, -0.05) is 75.3 Å². The SMILES string of the molecule is CCC(C(=O)[C@@H](C)[C@@H](O)C1(C)C[C@]12O[C@@H]([C@@H](CC)C(=O)O)CC[C@@H]2C)[C@H]1O[C@]2(C=CC(NC(=O)OCC(C)C)[C@]3(CC[C@@](C)([C@H]4CC[C@](O)(CC)[C@H](C)O4)O3)O2)[C@H](C)C[C@@H]1C. The van der Waals surface area contributed by atoms with Crippen LogP contribution in [0.3, 0.4) is 0 Å². The van der Waals surface area contributed by atoms with Gasteiger partial charge in [0, 0.05) is 29.6 Å². The van der Waals surface area contributed by atoms with Crippen molar-refractivity contribution in [3.05, 3.63) is 12.2 Å². The number of carboxylic acids is 1. The number of aliphatic hydroxyl groups excluding tert-OH is 1. The van der Waals surface area contributed by atoms with Gasteiger partial charge >= 0.3 is 12.1 Å². The summed E-state index contributed by atoms with van der Waals surface area (Å²) in [7, 11) is 0. The Morgan fingerprint density at radius 1 is 0.902 bits per heavy atom. The second kappa shape index (κ2) is 17.7. The van der Waals surface area contributed by atoms with Crippen LogP contribution < -0.4 is 5.32 Å². The molecule has 348 valence electrons. The minimum Gasteiger partial charge on any atom is -0.481 e. The van der Waals surface area contributed by atoms with Crippen LogP contribution in [0.4, 0.5) is 4.79 Å². The number of carbonyl (C=O) groups excluding carboxylic acids is 2. The van der Waals surface area contributed by atoms with E-state index in [9.17, 15) is 29.7 Å². The van der Waals surface area contributed by atoms with Crippen LogP contribution in [0.25, 0.3) is 0 Å². The van der Waals surface area contributed by atoms with Crippen LogP contribution >= 0.6 is 0 Å². The van der Waals surface area contributed by atoms with Gasteiger partial charge in [-0.3, -0.25) is 9.59 Å². The summed E-state index contributed by atoms with van der Waals surface area (Å²) in [5, 5.41) is 36.3. The van der Waals surface area contributed by atoms with Crippen LogP contribution in [0, 0.1) is 46.8 Å². The summed E-state index contributed by atoms with van der Waals surface area (Å²) >= 11 is 0. The van der Waals surface area contributed by atoms with Gasteiger partial charge < -0.3 is 49.1 Å². The zero-order valence-electron chi connectivity index (χ0n) is 39.2. The van der Waals surface area contributed by atoms with Gasteiger partial charge in [-0.15, -0.1) is 0 Å². The topological polar surface area (TPSA) is 179 Å². The molecule has 6 aliphatic rings. The standard InChI is InChI=1S/C48H79NO12/c1-13-33(41(52)53)35-17-16-29(7)46(58-35)26-43(46,11)40(51)31(9)38(50)34(14-2)39-28(6)24-30(8)47(59-39)21-18-36(49-42(54)56-25-27(4)5)48(61-47)23-22-44(12,60-48)37-19-20-45(55,15-3)32(10)57-37/h18,21,27-37,39-40,51,55H,13-17,19-20,22-26H2,1-12H3,(H,49,54)(H,52,53)/t28-,29-,30+,31+,32-,33+,34?,35+,36?,37+,39-,40+,43?,44-,45+,46+,47-,48-/m0/s1. The Kier molecular flexibility index (Phi) is 14.0. The monoisotopic (exact) mass is 862 g/mol. The molecule has 0 aromatic carbocycles. The number of rotatable bonds is 14. The van der Waals surface area contributed by atoms with Crippen molar-refractivity contribution >= 4 is 17.8 Å². The van der Waals surface area contributed by atoms with Gasteiger partial charge in [0.25, 0.3) is 0 Å². The Morgan fingerprint density at radius 2 is 1.59 bits per heavy atom. The average Bonchev–Trinajstić information content (AvgIpc) is 3.67. The van der Waals surface area contributed by atoms with E-state index >= 15 is 0 Å². The van der Waals surface area contributed by atoms with Gasteiger partial charge in [-0.05, 0) is 102 Å². The molecule has 5 aliphatic heterocycles. The largest absolute Gasteiger partial charge is 0.481 e. The van der Waals surface area contributed by atoms with E-state index in [0.29, 0.717) is 64.2 Å². The number of amides is 1. The maximum absolute atomic E-state index is 14.8. The van der Waals surface area contributed by atoms with Crippen molar-refractivity contribution in [2.75, 3.05) is 6.61 Å². The third-order valence-electron chi connectivity index (χ3n) is 16.6. The molecule has 3 spiro atoms. The minimum atomic E-state index is -1.36. The molecule has 13 nitrogen and oxygen atoms in total. The van der Waals surface area contributed by atoms with Crippen LogP contribution in [-0.4, -0.2) is 105 Å². The summed E-state index contributed by atoms with van der Waals surface area (Å²) in [5.41, 5.74) is -3.14. The van der Waals surface area contributed by atoms with Gasteiger partial charge in [0.05, 0.1) is 59.8 Å². The van der Waals surface area contributed by atoms with E-state index < -0.39 is 94.1 Å². The summed E-state index contributed by atoms with van der Waals surface area (Å²) < 4.78 is 40.3. The van der Waals surface area contributed by atoms with Gasteiger partial charge in [-0.25, -0.2) is 4.79 Å². The molecule has 1 aliphatic carbocycles. The van der Waals surface area contributed by atoms with Crippen LogP contribution in [0.2, 0.25) is 0 Å². The van der Waals surface area contributed by atoms with Crippen molar-refractivity contribution in [3.8, 4) is 0 Å². The lowest BCUT2D eigenvalue weighted by atomic mass is 9.72. The first-order valence-corrected chi connectivity index (χ1v) is 23.7. The van der Waals surface area contributed by atoms with E-state index in [0.717, 1.165) is 6.42 Å². The molecule has 4 N–H and O–H groups in total. The summed E-state index contributed by atoms with van der Waals surface area (Å²) in [4.78, 5) is 40.2. The lowest BCUT2D eigenvalue weighted by Crippen LogP contribution is -2.65. The molecule has 5 fully saturated rings. The van der Waals surface area contributed by atoms with E-state index in [1.54, 1.807) is 6.92 Å². The first kappa shape index (κ1) is 48.3. The van der Waals surface area contributed by atoms with Gasteiger partial charge in [0.2, 0.25) is 0 Å². The second-order valence-electron chi connectivity index (χ2n) is 21.1. The highest BCUT2D eigenvalue weighted by Gasteiger charge is 2.74. The van der Waals surface area contributed by atoms with E-state index in [1.807, 2.05) is 67.5 Å². The molecule has 61 heavy (non-hydrogen) atoms. The molecular formula is C48H79NO12. The molecule has 0 bridgehead atoms. The molecule has 3 unspecified atom stereocenters. The molecule has 5 heterocycles. The lowest BCUT2D eigenvalue weighted by Gasteiger charge is -2.55. The maximum atomic E-state index is 14.8. The summed E-state index contributed by atoms with van der Waals surface area (Å²) in [6.45, 7) is 24.0. The first-order valence-electron chi connectivity index (χ1n) is 23.7. The number of nitrogens with one attached hydrogen (secondary N) is 1. The number of carbonyl (C=O) groups is 3. The van der Waals surface area contributed by atoms with Crippen molar-refractivity contribution in [3.63, 3.8) is 0 Å². The molecule has 0 aromatic heterocycles. The van der Waals surface area contributed by atoms with Crippen molar-refractivity contribution in [2.24, 2.45) is 46.8 Å². The number of carboxylic acid groups (broad SMARTS) is 1. The van der Waals surface area contributed by atoms with Gasteiger partial charge in [0.1, 0.15) is 11.8 Å². The fourth-order valence-electron chi connectivity index (χ4n) is 12.2. The molecule has 18 atom stereocenters. The number of alkyl carbamates (subject to hydrolysis) is 1. The third-order valence-corrected chi connectivity index (χ3v) is 16.6. The predicted molar refractivity (Wildman–Crippen MR) is 228 cm³/mol. The molecule has 13 heteroatoms. The zero-order chi connectivity index (χ0) is 45.1. The lowest BCUT2D eigenvalue weighted by molar-refractivity contribution is -0.398. The van der Waals surface area contributed by atoms with Crippen LogP contribution in [0.1, 0.15) is 154 Å². The highest BCUT2D eigenvalue weighted by Crippen LogP contribution is 2.68. The van der Waals surface area contributed by atoms with Crippen molar-refractivity contribution in [2.45, 2.75) is 219 Å². The van der Waals surface area contributed by atoms with E-state index in [-0.39, 0.29) is 42.2 Å². The Labute approximate surface area is 364 Å². The van der Waals surface area contributed by atoms with Crippen molar-refractivity contribution in [1.29, 1.82) is 0 Å². The Bertz CT molecular complexity index is 1640. The molecule has 6 rings (SSSR count). The van der Waals surface area contributed by atoms with E-state index in [2.05, 4.69) is 26.1 Å². The Balaban J connectivity index is 1.24. The molecule has 1 saturated carbocycles. The Hall–Kier alpha value is -2.13. The van der Waals surface area contributed by atoms with Gasteiger partial charge in [-0.2, -0.15) is 0 Å². The molecule has 1 amide bonds. The summed E-state index contributed by atoms with van der Waals surface area (Å²) in [6, 6.07) is -0.723. The molecule has 4 saturated heterocycles. The number of aliphatic hydroxyl groups is 2. The number of ether oxygens (including phenoxy) is 6.